The average molecular weight is 530 g/mol. The van der Waals surface area contributed by atoms with Gasteiger partial charge in [0.2, 0.25) is 0 Å². The van der Waals surface area contributed by atoms with Gasteiger partial charge in [0, 0.05) is 35.2 Å². The molecular weight excluding hydrogens is 501 g/mol. The van der Waals surface area contributed by atoms with Crippen molar-refractivity contribution in [3.8, 4) is 17.0 Å². The number of nitrogens with zero attached hydrogens (tertiary/aromatic N) is 3. The Bertz CT molecular complexity index is 1260. The normalized spacial score (nSPS) is 14.6. The van der Waals surface area contributed by atoms with E-state index in [-0.39, 0.29) is 17.9 Å². The van der Waals surface area contributed by atoms with Crippen LogP contribution in [0, 0.1) is 0 Å². The quantitative estimate of drug-likeness (QED) is 0.377. The summed E-state index contributed by atoms with van der Waals surface area (Å²) in [5, 5.41) is 5.67. The van der Waals surface area contributed by atoms with Crippen LogP contribution in [0.4, 0.5) is 4.79 Å². The molecule has 0 spiro atoms. The highest BCUT2D eigenvalue weighted by molar-refractivity contribution is 6.36. The molecule has 1 amide bonds. The van der Waals surface area contributed by atoms with Crippen molar-refractivity contribution in [3.63, 3.8) is 0 Å². The number of benzene rings is 2. The van der Waals surface area contributed by atoms with Gasteiger partial charge in [-0.3, -0.25) is 4.79 Å². The number of hydrogen-bond donors (Lipinski definition) is 0. The first-order chi connectivity index (χ1) is 17.1. The molecule has 4 rings (SSSR count). The van der Waals surface area contributed by atoms with Gasteiger partial charge in [-0.1, -0.05) is 23.2 Å². The van der Waals surface area contributed by atoms with E-state index in [0.717, 1.165) is 5.69 Å². The van der Waals surface area contributed by atoms with Crippen LogP contribution in [-0.2, 0) is 4.74 Å². The van der Waals surface area contributed by atoms with E-state index in [1.807, 2.05) is 26.8 Å². The molecule has 2 aromatic carbocycles. The van der Waals surface area contributed by atoms with Gasteiger partial charge in [0.05, 0.1) is 23.5 Å². The van der Waals surface area contributed by atoms with Gasteiger partial charge >= 0.3 is 6.09 Å². The fraction of sp³-hybridized carbons (Fsp3) is 0.370. The number of hydrogen-bond acceptors (Lipinski definition) is 5. The monoisotopic (exact) mass is 529 g/mol. The molecule has 0 bridgehead atoms. The molecule has 2 heterocycles. The number of rotatable bonds is 4. The van der Waals surface area contributed by atoms with E-state index in [9.17, 15) is 9.59 Å². The van der Waals surface area contributed by atoms with Crippen LogP contribution in [-0.4, -0.2) is 52.5 Å². The minimum absolute atomic E-state index is 0.0819. The zero-order chi connectivity index (χ0) is 26.0. The first-order valence-corrected chi connectivity index (χ1v) is 12.5. The summed E-state index contributed by atoms with van der Waals surface area (Å²) in [4.78, 5) is 27.7. The van der Waals surface area contributed by atoms with Crippen molar-refractivity contribution in [1.82, 2.24) is 14.7 Å². The smallest absolute Gasteiger partial charge is 0.410 e. The van der Waals surface area contributed by atoms with Crippen molar-refractivity contribution >= 4 is 35.2 Å². The highest BCUT2D eigenvalue weighted by Gasteiger charge is 2.30. The van der Waals surface area contributed by atoms with Crippen LogP contribution in [0.2, 0.25) is 10.0 Å². The maximum absolute atomic E-state index is 13.5. The van der Waals surface area contributed by atoms with Crippen LogP contribution in [0.5, 0.6) is 5.75 Å². The Morgan fingerprint density at radius 3 is 2.25 bits per heavy atom. The third-order valence-corrected chi connectivity index (χ3v) is 6.58. The Labute approximate surface area is 220 Å². The topological polar surface area (TPSA) is 73.7 Å². The number of amides is 1. The van der Waals surface area contributed by atoms with Gasteiger partial charge < -0.3 is 14.4 Å². The molecule has 7 nitrogen and oxygen atoms in total. The van der Waals surface area contributed by atoms with Crippen LogP contribution < -0.4 is 4.74 Å². The van der Waals surface area contributed by atoms with Gasteiger partial charge in [0.15, 0.2) is 0 Å². The second-order valence-electron chi connectivity index (χ2n) is 9.77. The summed E-state index contributed by atoms with van der Waals surface area (Å²) in [5.41, 5.74) is 1.95. The SMILES string of the molecule is COc1ccc(C(=O)n2nc(C3CCN(C(=O)OC(C)(C)C)CC3)cc2-c2ccc(Cl)cc2Cl)cc1. The average Bonchev–Trinajstić information content (AvgIpc) is 3.28. The predicted molar refractivity (Wildman–Crippen MR) is 140 cm³/mol. The Balaban J connectivity index is 1.63. The molecule has 0 N–H and O–H groups in total. The van der Waals surface area contributed by atoms with Gasteiger partial charge in [-0.2, -0.15) is 9.78 Å². The second-order valence-corrected chi connectivity index (χ2v) is 10.6. The first-order valence-electron chi connectivity index (χ1n) is 11.8. The van der Waals surface area contributed by atoms with Gasteiger partial charge in [0.25, 0.3) is 5.91 Å². The Kier molecular flexibility index (Phi) is 7.62. The molecule has 0 saturated carbocycles. The molecular formula is C27H29Cl2N3O4. The lowest BCUT2D eigenvalue weighted by Gasteiger charge is -2.32. The third-order valence-electron chi connectivity index (χ3n) is 6.03. The molecule has 0 unspecified atom stereocenters. The van der Waals surface area contributed by atoms with Crippen molar-refractivity contribution < 1.29 is 19.1 Å². The Morgan fingerprint density at radius 2 is 1.67 bits per heavy atom. The number of carbonyl (C=O) groups is 2. The van der Waals surface area contributed by atoms with E-state index in [0.29, 0.717) is 58.5 Å². The standard InChI is InChI=1S/C27H29Cl2N3O4/c1-27(2,3)36-26(34)31-13-11-17(12-14-31)23-16-24(21-10-7-19(28)15-22(21)29)32(30-23)25(33)18-5-8-20(35-4)9-6-18/h5-10,15-17H,11-14H2,1-4H3. The number of aromatic nitrogens is 2. The lowest BCUT2D eigenvalue weighted by atomic mass is 9.93. The van der Waals surface area contributed by atoms with E-state index in [2.05, 4.69) is 0 Å². The third kappa shape index (κ3) is 5.85. The summed E-state index contributed by atoms with van der Waals surface area (Å²) < 4.78 is 12.1. The van der Waals surface area contributed by atoms with Gasteiger partial charge in [-0.15, -0.1) is 0 Å². The minimum Gasteiger partial charge on any atom is -0.497 e. The summed E-state index contributed by atoms with van der Waals surface area (Å²) in [6.45, 7) is 6.67. The van der Waals surface area contributed by atoms with E-state index >= 15 is 0 Å². The van der Waals surface area contributed by atoms with Crippen molar-refractivity contribution in [2.24, 2.45) is 0 Å². The summed E-state index contributed by atoms with van der Waals surface area (Å²) in [5.74, 6) is 0.458. The van der Waals surface area contributed by atoms with E-state index in [1.54, 1.807) is 54.5 Å². The lowest BCUT2D eigenvalue weighted by Crippen LogP contribution is -2.41. The number of piperidine rings is 1. The number of methoxy groups -OCH3 is 1. The molecule has 1 saturated heterocycles. The molecule has 3 aromatic rings. The second kappa shape index (κ2) is 10.5. The Hall–Kier alpha value is -3.03. The maximum Gasteiger partial charge on any atom is 0.410 e. The molecule has 1 aliphatic rings. The van der Waals surface area contributed by atoms with E-state index in [1.165, 1.54) is 4.68 Å². The fourth-order valence-electron chi connectivity index (χ4n) is 4.18. The first kappa shape index (κ1) is 26.0. The van der Waals surface area contributed by atoms with Gasteiger partial charge in [0.1, 0.15) is 11.4 Å². The molecule has 9 heteroatoms. The molecule has 0 atom stereocenters. The van der Waals surface area contributed by atoms with Crippen LogP contribution >= 0.6 is 23.2 Å². The highest BCUT2D eigenvalue weighted by Crippen LogP contribution is 2.35. The van der Waals surface area contributed by atoms with Crippen molar-refractivity contribution in [2.75, 3.05) is 20.2 Å². The summed E-state index contributed by atoms with van der Waals surface area (Å²) in [7, 11) is 1.57. The van der Waals surface area contributed by atoms with Gasteiger partial charge in [-0.05, 0) is 82.1 Å². The van der Waals surface area contributed by atoms with Gasteiger partial charge in [-0.25, -0.2) is 4.79 Å². The van der Waals surface area contributed by atoms with Crippen molar-refractivity contribution in [1.29, 1.82) is 0 Å². The largest absolute Gasteiger partial charge is 0.497 e. The van der Waals surface area contributed by atoms with Crippen LogP contribution in [0.1, 0.15) is 55.6 Å². The van der Waals surface area contributed by atoms with Crippen LogP contribution in [0.3, 0.4) is 0 Å². The molecule has 0 radical (unpaired) electrons. The fourth-order valence-corrected chi connectivity index (χ4v) is 4.69. The lowest BCUT2D eigenvalue weighted by molar-refractivity contribution is 0.0204. The summed E-state index contributed by atoms with van der Waals surface area (Å²) in [6, 6.07) is 13.9. The predicted octanol–water partition coefficient (Wildman–Crippen LogP) is 6.67. The summed E-state index contributed by atoms with van der Waals surface area (Å²) in [6.07, 6.45) is 1.11. The summed E-state index contributed by atoms with van der Waals surface area (Å²) >= 11 is 12.6. The highest BCUT2D eigenvalue weighted by atomic mass is 35.5. The molecule has 0 aliphatic carbocycles. The molecule has 190 valence electrons. The van der Waals surface area contributed by atoms with Crippen molar-refractivity contribution in [2.45, 2.75) is 45.1 Å². The molecule has 1 fully saturated rings. The van der Waals surface area contributed by atoms with Crippen LogP contribution in [0.25, 0.3) is 11.3 Å². The van der Waals surface area contributed by atoms with E-state index < -0.39 is 5.60 Å². The number of likely N-dealkylation sites (tertiary alicyclic amines) is 1. The maximum atomic E-state index is 13.5. The Morgan fingerprint density at radius 1 is 1.00 bits per heavy atom. The van der Waals surface area contributed by atoms with E-state index in [4.69, 9.17) is 37.8 Å². The molecule has 1 aliphatic heterocycles. The number of ether oxygens (including phenoxy) is 2. The zero-order valence-corrected chi connectivity index (χ0v) is 22.3. The zero-order valence-electron chi connectivity index (χ0n) is 20.8. The minimum atomic E-state index is -0.540. The van der Waals surface area contributed by atoms with Crippen LogP contribution in [0.15, 0.2) is 48.5 Å². The van der Waals surface area contributed by atoms with Crippen molar-refractivity contribution in [3.05, 3.63) is 69.8 Å². The molecule has 1 aromatic heterocycles. The molecule has 36 heavy (non-hydrogen) atoms. The number of carbonyl (C=O) groups excluding carboxylic acids is 2. The number of halogens is 2.